The van der Waals surface area contributed by atoms with E-state index in [-0.39, 0.29) is 11.9 Å². The van der Waals surface area contributed by atoms with Gasteiger partial charge >= 0.3 is 0 Å². The average Bonchev–Trinajstić information content (AvgIpc) is 2.47. The lowest BCUT2D eigenvalue weighted by atomic mass is 10.2. The maximum absolute atomic E-state index is 13.0. The summed E-state index contributed by atoms with van der Waals surface area (Å²) in [6, 6.07) is 6.47. The molecule has 0 unspecified atom stereocenters. The van der Waals surface area contributed by atoms with E-state index in [4.69, 9.17) is 9.47 Å². The van der Waals surface area contributed by atoms with Crippen molar-refractivity contribution in [3.63, 3.8) is 0 Å². The molecule has 0 heterocycles. The second kappa shape index (κ2) is 10.7. The van der Waals surface area contributed by atoms with Gasteiger partial charge in [-0.25, -0.2) is 4.39 Å². The quantitative estimate of drug-likeness (QED) is 0.637. The highest BCUT2D eigenvalue weighted by Crippen LogP contribution is 2.08. The van der Waals surface area contributed by atoms with E-state index in [1.54, 1.807) is 19.2 Å². The molecule has 1 rings (SSSR count). The van der Waals surface area contributed by atoms with Gasteiger partial charge in [-0.3, -0.25) is 4.90 Å². The fourth-order valence-corrected chi connectivity index (χ4v) is 2.17. The summed E-state index contributed by atoms with van der Waals surface area (Å²) >= 11 is 0. The molecule has 0 saturated carbocycles. The second-order valence-electron chi connectivity index (χ2n) is 5.74. The normalized spacial score (nSPS) is 13.0. The summed E-state index contributed by atoms with van der Waals surface area (Å²) in [5.74, 6) is -0.236. The molecule has 22 heavy (non-hydrogen) atoms. The van der Waals surface area contributed by atoms with Crippen molar-refractivity contribution in [2.45, 2.75) is 39.0 Å². The molecule has 0 aromatic heterocycles. The molecule has 0 aliphatic rings. The Kier molecular flexibility index (Phi) is 9.24. The lowest BCUT2D eigenvalue weighted by Crippen LogP contribution is -2.36. The van der Waals surface area contributed by atoms with Gasteiger partial charge in [0.1, 0.15) is 5.82 Å². The molecule has 0 radical (unpaired) electrons. The molecular weight excluding hydrogens is 285 g/mol. The van der Waals surface area contributed by atoms with Crippen molar-refractivity contribution < 1.29 is 19.0 Å². The fourth-order valence-electron chi connectivity index (χ4n) is 2.17. The van der Waals surface area contributed by atoms with E-state index < -0.39 is 6.10 Å². The number of benzene rings is 1. The van der Waals surface area contributed by atoms with Crippen molar-refractivity contribution in [3.8, 4) is 0 Å². The molecular formula is C17H28FNO3. The summed E-state index contributed by atoms with van der Waals surface area (Å²) in [4.78, 5) is 2.14. The van der Waals surface area contributed by atoms with Crippen LogP contribution in [-0.4, -0.2) is 55.6 Å². The molecule has 0 bridgehead atoms. The van der Waals surface area contributed by atoms with E-state index in [2.05, 4.69) is 4.90 Å². The number of hydrogen-bond donors (Lipinski definition) is 1. The van der Waals surface area contributed by atoms with E-state index in [1.807, 2.05) is 13.8 Å². The highest BCUT2D eigenvalue weighted by atomic mass is 19.1. The van der Waals surface area contributed by atoms with Crippen molar-refractivity contribution in [1.29, 1.82) is 0 Å². The Bertz CT molecular complexity index is 397. The topological polar surface area (TPSA) is 41.9 Å². The van der Waals surface area contributed by atoms with Gasteiger partial charge in [0.05, 0.1) is 18.8 Å². The van der Waals surface area contributed by atoms with Gasteiger partial charge in [-0.2, -0.15) is 0 Å². The number of halogens is 1. The zero-order valence-corrected chi connectivity index (χ0v) is 13.8. The smallest absolute Gasteiger partial charge is 0.123 e. The molecule has 1 atom stereocenters. The SMILES string of the molecule is COCCCN(Cc1ccc(F)cc1)C[C@H](O)COC(C)C. The van der Waals surface area contributed by atoms with Gasteiger partial charge in [-0.05, 0) is 38.0 Å². The van der Waals surface area contributed by atoms with Crippen LogP contribution in [0.3, 0.4) is 0 Å². The van der Waals surface area contributed by atoms with E-state index in [9.17, 15) is 9.50 Å². The average molecular weight is 313 g/mol. The molecule has 0 spiro atoms. The largest absolute Gasteiger partial charge is 0.389 e. The van der Waals surface area contributed by atoms with Crippen molar-refractivity contribution in [2.75, 3.05) is 33.4 Å². The monoisotopic (exact) mass is 313 g/mol. The number of aliphatic hydroxyl groups excluding tert-OH is 1. The molecule has 126 valence electrons. The van der Waals surface area contributed by atoms with Crippen molar-refractivity contribution in [1.82, 2.24) is 4.90 Å². The minimum atomic E-state index is -0.537. The van der Waals surface area contributed by atoms with Crippen LogP contribution in [0, 0.1) is 5.82 Å². The predicted octanol–water partition coefficient (Wildman–Crippen LogP) is 2.45. The Morgan fingerprint density at radius 1 is 1.23 bits per heavy atom. The maximum Gasteiger partial charge on any atom is 0.123 e. The first-order valence-electron chi connectivity index (χ1n) is 7.76. The van der Waals surface area contributed by atoms with Gasteiger partial charge < -0.3 is 14.6 Å². The summed E-state index contributed by atoms with van der Waals surface area (Å²) < 4.78 is 23.5. The third kappa shape index (κ3) is 8.44. The van der Waals surface area contributed by atoms with Gasteiger partial charge in [0.15, 0.2) is 0 Å². The summed E-state index contributed by atoms with van der Waals surface area (Å²) in [6.07, 6.45) is 0.453. The fraction of sp³-hybridized carbons (Fsp3) is 0.647. The highest BCUT2D eigenvalue weighted by Gasteiger charge is 2.13. The minimum absolute atomic E-state index is 0.105. The third-order valence-electron chi connectivity index (χ3n) is 3.23. The summed E-state index contributed by atoms with van der Waals surface area (Å²) in [5.41, 5.74) is 1.02. The van der Waals surface area contributed by atoms with Gasteiger partial charge in [0, 0.05) is 33.4 Å². The predicted molar refractivity (Wildman–Crippen MR) is 85.3 cm³/mol. The highest BCUT2D eigenvalue weighted by molar-refractivity contribution is 5.15. The summed E-state index contributed by atoms with van der Waals surface area (Å²) in [6.45, 7) is 6.89. The summed E-state index contributed by atoms with van der Waals surface area (Å²) in [5, 5.41) is 10.1. The number of rotatable bonds is 11. The van der Waals surface area contributed by atoms with Gasteiger partial charge in [-0.1, -0.05) is 12.1 Å². The van der Waals surface area contributed by atoms with Crippen molar-refractivity contribution in [2.24, 2.45) is 0 Å². The minimum Gasteiger partial charge on any atom is -0.389 e. The number of ether oxygens (including phenoxy) is 2. The Morgan fingerprint density at radius 3 is 2.50 bits per heavy atom. The zero-order chi connectivity index (χ0) is 16.4. The van der Waals surface area contributed by atoms with Crippen LogP contribution in [0.25, 0.3) is 0 Å². The van der Waals surface area contributed by atoms with Crippen LogP contribution >= 0.6 is 0 Å². The molecule has 5 heteroatoms. The van der Waals surface area contributed by atoms with Crippen LogP contribution in [0.1, 0.15) is 25.8 Å². The van der Waals surface area contributed by atoms with E-state index in [1.165, 1.54) is 12.1 Å². The molecule has 0 saturated heterocycles. The van der Waals surface area contributed by atoms with Crippen LogP contribution < -0.4 is 0 Å². The Balaban J connectivity index is 2.52. The van der Waals surface area contributed by atoms with E-state index in [0.717, 1.165) is 18.5 Å². The van der Waals surface area contributed by atoms with Crippen molar-refractivity contribution in [3.05, 3.63) is 35.6 Å². The van der Waals surface area contributed by atoms with Crippen LogP contribution in [0.4, 0.5) is 4.39 Å². The van der Waals surface area contributed by atoms with Crippen LogP contribution in [-0.2, 0) is 16.0 Å². The first-order valence-corrected chi connectivity index (χ1v) is 7.76. The molecule has 4 nitrogen and oxygen atoms in total. The lowest BCUT2D eigenvalue weighted by Gasteiger charge is -2.25. The van der Waals surface area contributed by atoms with Crippen LogP contribution in [0.5, 0.6) is 0 Å². The van der Waals surface area contributed by atoms with Gasteiger partial charge in [0.25, 0.3) is 0 Å². The third-order valence-corrected chi connectivity index (χ3v) is 3.23. The molecule has 0 aliphatic carbocycles. The molecule has 1 N–H and O–H groups in total. The first-order chi connectivity index (χ1) is 10.5. The van der Waals surface area contributed by atoms with Gasteiger partial charge in [-0.15, -0.1) is 0 Å². The number of nitrogens with zero attached hydrogens (tertiary/aromatic N) is 1. The van der Waals surface area contributed by atoms with E-state index in [0.29, 0.717) is 26.3 Å². The number of aliphatic hydroxyl groups is 1. The van der Waals surface area contributed by atoms with Gasteiger partial charge in [0.2, 0.25) is 0 Å². The lowest BCUT2D eigenvalue weighted by molar-refractivity contribution is -0.0103. The Hall–Kier alpha value is -1.01. The Morgan fingerprint density at radius 2 is 1.91 bits per heavy atom. The van der Waals surface area contributed by atoms with Crippen LogP contribution in [0.15, 0.2) is 24.3 Å². The molecule has 1 aromatic carbocycles. The van der Waals surface area contributed by atoms with E-state index >= 15 is 0 Å². The molecule has 0 fully saturated rings. The maximum atomic E-state index is 13.0. The summed E-state index contributed by atoms with van der Waals surface area (Å²) in [7, 11) is 1.68. The second-order valence-corrected chi connectivity index (χ2v) is 5.74. The number of hydrogen-bond acceptors (Lipinski definition) is 4. The first kappa shape index (κ1) is 19.0. The zero-order valence-electron chi connectivity index (χ0n) is 13.8. The number of methoxy groups -OCH3 is 1. The molecule has 1 aromatic rings. The standard InChI is InChI=1S/C17H28FNO3/c1-14(2)22-13-17(20)12-19(9-4-10-21-3)11-15-5-7-16(18)8-6-15/h5-8,14,17,20H,4,9-13H2,1-3H3/t17-/m0/s1. The van der Waals surface area contributed by atoms with Crippen molar-refractivity contribution >= 4 is 0 Å². The molecule has 0 aliphatic heterocycles. The Labute approximate surface area is 132 Å². The molecule has 0 amide bonds. The van der Waals surface area contributed by atoms with Crippen LogP contribution in [0.2, 0.25) is 0 Å².